The van der Waals surface area contributed by atoms with Gasteiger partial charge in [-0.15, -0.1) is 0 Å². The Balaban J connectivity index is 2.68. The molecule has 32 heteroatoms. The first kappa shape index (κ1) is 40.2. The molecule has 0 radical (unpaired) electrons. The van der Waals surface area contributed by atoms with Gasteiger partial charge in [-0.2, -0.15) is 8.42 Å². The summed E-state index contributed by atoms with van der Waals surface area (Å²) in [7, 11) is -22.0. The molecule has 0 aromatic heterocycles. The van der Waals surface area contributed by atoms with Gasteiger partial charge in [0, 0.05) is 7.11 Å². The third-order valence-electron chi connectivity index (χ3n) is 5.33. The molecule has 0 aliphatic carbocycles. The van der Waals surface area contributed by atoms with Gasteiger partial charge in [-0.3, -0.25) is 27.2 Å². The number of rotatable bonds is 18. The molecule has 2 aliphatic heterocycles. The molecular formula is C13H18O28S4-6. The molecule has 0 saturated carbocycles. The van der Waals surface area contributed by atoms with E-state index in [1.807, 2.05) is 0 Å². The lowest BCUT2D eigenvalue weighted by atomic mass is 9.97. The molecule has 0 spiro atoms. The van der Waals surface area contributed by atoms with Crippen LogP contribution < -0.4 is 15.8 Å². The minimum atomic E-state index is -5.96. The Morgan fingerprint density at radius 3 is 1.53 bits per heavy atom. The van der Waals surface area contributed by atoms with Gasteiger partial charge < -0.3 is 53.3 Å². The first-order valence-corrected chi connectivity index (χ1v) is 16.2. The van der Waals surface area contributed by atoms with Crippen LogP contribution in [0.1, 0.15) is 0 Å². The van der Waals surface area contributed by atoms with Crippen LogP contribution in [0.25, 0.3) is 0 Å². The quantitative estimate of drug-likeness (QED) is 0.0588. The Kier molecular flexibility index (Phi) is 14.6. The second-order valence-corrected chi connectivity index (χ2v) is 12.2. The van der Waals surface area contributed by atoms with Crippen LogP contribution in [0.4, 0.5) is 0 Å². The molecule has 28 nitrogen and oxygen atoms in total. The van der Waals surface area contributed by atoms with E-state index in [0.717, 1.165) is 7.11 Å². The highest BCUT2D eigenvalue weighted by Gasteiger charge is 2.55. The fourth-order valence-corrected chi connectivity index (χ4v) is 5.40. The van der Waals surface area contributed by atoms with Crippen molar-refractivity contribution < 1.29 is 128 Å². The molecule has 0 aromatic carbocycles. The van der Waals surface area contributed by atoms with Crippen molar-refractivity contribution >= 4 is 41.6 Å². The first-order chi connectivity index (χ1) is 20.6. The van der Waals surface area contributed by atoms with Gasteiger partial charge in [0.25, 0.3) is 0 Å². The minimum Gasteiger partial charge on any atom is -0.726 e. The molecule has 1 N–H and O–H groups in total. The Bertz CT molecular complexity index is 1360. The van der Waals surface area contributed by atoms with Crippen molar-refractivity contribution in [2.75, 3.05) is 20.3 Å². The third-order valence-corrected chi connectivity index (χ3v) is 7.11. The van der Waals surface area contributed by atoms with E-state index in [1.165, 1.54) is 0 Å². The summed E-state index contributed by atoms with van der Waals surface area (Å²) in [5.74, 6) is 0. The van der Waals surface area contributed by atoms with E-state index < -0.39 is 116 Å². The summed E-state index contributed by atoms with van der Waals surface area (Å²) in [6, 6.07) is 0. The number of hydrogen-bond acceptors (Lipinski definition) is 27. The number of hydrogen-bond donors (Lipinski definition) is 1. The molecule has 10 atom stereocenters. The first-order valence-electron chi connectivity index (χ1n) is 10.8. The molecule has 45 heavy (non-hydrogen) atoms. The van der Waals surface area contributed by atoms with Crippen molar-refractivity contribution in [3.05, 3.63) is 0 Å². The van der Waals surface area contributed by atoms with Crippen LogP contribution in [-0.2, 0) is 102 Å². The van der Waals surface area contributed by atoms with E-state index in [-0.39, 0.29) is 0 Å². The van der Waals surface area contributed by atoms with E-state index in [0.29, 0.717) is 0 Å². The molecule has 0 amide bonds. The zero-order valence-electron chi connectivity index (χ0n) is 21.3. The largest absolute Gasteiger partial charge is 0.726 e. The zero-order valence-corrected chi connectivity index (χ0v) is 24.6. The molecule has 2 saturated heterocycles. The normalized spacial score (nSPS) is 33.7. The molecule has 4 unspecified atom stereocenters. The highest BCUT2D eigenvalue weighted by Crippen LogP contribution is 2.35. The topological polar surface area (TPSA) is 415 Å². The van der Waals surface area contributed by atoms with Gasteiger partial charge in [0.05, 0.1) is 13.2 Å². The average Bonchev–Trinajstić information content (AvgIpc) is 2.88. The zero-order chi connectivity index (χ0) is 34.4. The van der Waals surface area contributed by atoms with E-state index in [2.05, 4.69) is 41.5 Å². The van der Waals surface area contributed by atoms with Crippen molar-refractivity contribution in [2.24, 2.45) is 0 Å². The third kappa shape index (κ3) is 12.9. The highest BCUT2D eigenvalue weighted by atomic mass is 32.3. The van der Waals surface area contributed by atoms with Gasteiger partial charge in [0.1, 0.15) is 30.5 Å². The summed E-state index contributed by atoms with van der Waals surface area (Å²) in [5, 5.41) is 39.5. The Morgan fingerprint density at radius 2 is 1.09 bits per heavy atom. The molecule has 268 valence electrons. The van der Waals surface area contributed by atoms with Crippen molar-refractivity contribution in [1.29, 1.82) is 0 Å². The minimum absolute atomic E-state index is 0.762. The summed E-state index contributed by atoms with van der Waals surface area (Å²) in [5.41, 5.74) is 0. The molecular weight excluding hydrogens is 732 g/mol. The van der Waals surface area contributed by atoms with Crippen LogP contribution in [0.15, 0.2) is 0 Å². The average molecular weight is 751 g/mol. The summed E-state index contributed by atoms with van der Waals surface area (Å²) in [6.07, 6.45) is -24.6. The maximum absolute atomic E-state index is 11.6. The molecule has 0 bridgehead atoms. The van der Waals surface area contributed by atoms with Crippen molar-refractivity contribution in [3.63, 3.8) is 0 Å². The van der Waals surface area contributed by atoms with E-state index in [1.54, 1.807) is 0 Å². The van der Waals surface area contributed by atoms with Crippen LogP contribution in [0.2, 0.25) is 0 Å². The Labute approximate surface area is 251 Å². The molecule has 2 fully saturated rings. The predicted molar refractivity (Wildman–Crippen MR) is 108 cm³/mol. The Morgan fingerprint density at radius 1 is 0.622 bits per heavy atom. The van der Waals surface area contributed by atoms with Gasteiger partial charge in [0.2, 0.25) is 31.2 Å². The summed E-state index contributed by atoms with van der Waals surface area (Å²) >= 11 is 0. The highest BCUT2D eigenvalue weighted by molar-refractivity contribution is 7.81. The van der Waals surface area contributed by atoms with Crippen molar-refractivity contribution in [2.45, 2.75) is 61.4 Å². The number of methoxy groups -OCH3 is 1. The maximum Gasteiger partial charge on any atom is 0.397 e. The maximum atomic E-state index is 11.6. The second kappa shape index (κ2) is 16.4. The fraction of sp³-hybridized carbons (Fsp3) is 1.00. The van der Waals surface area contributed by atoms with Gasteiger partial charge >= 0.3 is 10.4 Å². The monoisotopic (exact) mass is 750 g/mol. The van der Waals surface area contributed by atoms with Crippen molar-refractivity contribution in [1.82, 2.24) is 0 Å². The molecule has 0 aromatic rings. The van der Waals surface area contributed by atoms with E-state index in [4.69, 9.17) is 23.5 Å². The van der Waals surface area contributed by atoms with Crippen LogP contribution >= 0.6 is 0 Å². The second-order valence-electron chi connectivity index (χ2n) is 8.08. The van der Waals surface area contributed by atoms with Crippen LogP contribution in [0.5, 0.6) is 0 Å². The predicted octanol–water partition coefficient (Wildman–Crippen LogP) is -8.70. The van der Waals surface area contributed by atoms with Crippen LogP contribution in [0.3, 0.4) is 0 Å². The van der Waals surface area contributed by atoms with Gasteiger partial charge in [-0.05, 0) is 0 Å². The van der Waals surface area contributed by atoms with E-state index in [9.17, 15) is 63.1 Å². The van der Waals surface area contributed by atoms with Crippen molar-refractivity contribution in [3.8, 4) is 0 Å². The van der Waals surface area contributed by atoms with Gasteiger partial charge in [-0.25, -0.2) is 39.2 Å². The number of ether oxygens (including phenoxy) is 4. The lowest BCUT2D eigenvalue weighted by Gasteiger charge is -2.49. The molecule has 2 aliphatic rings. The van der Waals surface area contributed by atoms with Crippen LogP contribution in [0, 0.1) is 0 Å². The van der Waals surface area contributed by atoms with Gasteiger partial charge in [0.15, 0.2) is 30.9 Å². The smallest absolute Gasteiger partial charge is 0.397 e. The summed E-state index contributed by atoms with van der Waals surface area (Å²) < 4.78 is 169. The SMILES string of the molecule is CO[C@@H]1O[C@@H](COS(=O)(=O)[O-])[C@@H](O[C@@H]2OC(COS(=O)(=O)O)[C@@H](OO[O-])[C@H](O[O-])C2OS(=O)(=O)[O-])C(OO[O-])C1OS(=O)(=O)[O-]. The Hall–Kier alpha value is -1.00. The molecule has 2 rings (SSSR count). The molecule has 2 heterocycles. The lowest BCUT2D eigenvalue weighted by molar-refractivity contribution is -0.812. The standard InChI is InChI=1S/C13H24O28S4/c1-29-12-11(39-45(26,27)28)9(37-41-16)6(4(32-12)2-30-42(17,18)19)34-13-10(38-44(23,24)25)8(35-14)7(36-40-15)5(33-13)3-31-43(20,21)22/h4-16H,2-3H2,1H3,(H,17,18,19)(H,20,21,22)(H,23,24,25)(H,26,27,28)/p-6/t4-,5?,6+,7+,8-,9?,10?,11?,12+,13-/m0/s1. The van der Waals surface area contributed by atoms with Gasteiger partial charge in [-0.1, -0.05) is 0 Å². The van der Waals surface area contributed by atoms with E-state index >= 15 is 0 Å². The summed E-state index contributed by atoms with van der Waals surface area (Å²) in [6.45, 7) is -2.95. The summed E-state index contributed by atoms with van der Waals surface area (Å²) in [4.78, 5) is 12.2. The van der Waals surface area contributed by atoms with Crippen LogP contribution in [-0.4, -0.2) is 134 Å². The lowest BCUT2D eigenvalue weighted by Crippen LogP contribution is -2.67. The fourth-order valence-electron chi connectivity index (χ4n) is 3.85.